The normalized spacial score (nSPS) is 15.1. The average Bonchev–Trinajstić information content (AvgIpc) is 3.65. The van der Waals surface area contributed by atoms with Crippen molar-refractivity contribution in [2.75, 3.05) is 17.3 Å². The standard InChI is InChI=1S/C31H27F5N6O5S/c1-18-4-13-25(45-16-30(3,32)33)24(14-18)42-26(43)15-48-29(42)38-28(44)40-47-19(2)20-5-7-21(8-6-20)27-37-17-41(39-27)22-9-11-23(12-10-22)46-31(34,35)36/h4-14,17,19H,15-16H2,1-3H3,(H,40,44)/b38-29-. The zero-order chi connectivity index (χ0) is 34.6. The van der Waals surface area contributed by atoms with E-state index >= 15 is 0 Å². The first-order chi connectivity index (χ1) is 22.6. The van der Waals surface area contributed by atoms with Crippen LogP contribution in [0.25, 0.3) is 17.1 Å². The smallest absolute Gasteiger partial charge is 0.485 e. The monoisotopic (exact) mass is 690 g/mol. The Hall–Kier alpha value is -5.03. The molecule has 0 saturated carbocycles. The Bertz CT molecular complexity index is 1810. The number of halogens is 5. The van der Waals surface area contributed by atoms with Gasteiger partial charge >= 0.3 is 12.4 Å². The molecule has 1 saturated heterocycles. The Kier molecular flexibility index (Phi) is 10.00. The number of alkyl halides is 5. The molecule has 48 heavy (non-hydrogen) atoms. The maximum atomic E-state index is 13.5. The van der Waals surface area contributed by atoms with Gasteiger partial charge < -0.3 is 9.47 Å². The highest BCUT2D eigenvalue weighted by molar-refractivity contribution is 8.15. The van der Waals surface area contributed by atoms with Crippen molar-refractivity contribution in [3.63, 3.8) is 0 Å². The summed E-state index contributed by atoms with van der Waals surface area (Å²) in [6, 6.07) is 15.9. The number of ether oxygens (including phenoxy) is 2. The minimum Gasteiger partial charge on any atom is -0.485 e. The molecule has 1 aromatic heterocycles. The summed E-state index contributed by atoms with van der Waals surface area (Å²) in [6.07, 6.45) is -4.01. The summed E-state index contributed by atoms with van der Waals surface area (Å²) in [6.45, 7) is 3.25. The van der Waals surface area contributed by atoms with Gasteiger partial charge in [0.05, 0.1) is 17.1 Å². The lowest BCUT2D eigenvalue weighted by Crippen LogP contribution is -2.32. The molecule has 1 aliphatic rings. The van der Waals surface area contributed by atoms with Gasteiger partial charge in [-0.3, -0.25) is 14.5 Å². The Morgan fingerprint density at radius 1 is 1.06 bits per heavy atom. The number of rotatable bonds is 10. The van der Waals surface area contributed by atoms with E-state index in [1.165, 1.54) is 41.3 Å². The zero-order valence-electron chi connectivity index (χ0n) is 25.5. The molecule has 2 heterocycles. The molecule has 1 atom stereocenters. The molecule has 1 N–H and O–H groups in total. The summed E-state index contributed by atoms with van der Waals surface area (Å²) < 4.78 is 74.8. The Labute approximate surface area is 274 Å². The van der Waals surface area contributed by atoms with E-state index in [2.05, 4.69) is 25.3 Å². The molecule has 1 unspecified atom stereocenters. The first-order valence-electron chi connectivity index (χ1n) is 14.1. The molecule has 252 valence electrons. The fraction of sp³-hybridized carbons (Fsp3) is 0.258. The van der Waals surface area contributed by atoms with Crippen molar-refractivity contribution in [1.29, 1.82) is 0 Å². The van der Waals surface area contributed by atoms with Gasteiger partial charge in [0.1, 0.15) is 23.9 Å². The molecule has 3 amide bonds. The number of hydroxylamine groups is 1. The highest BCUT2D eigenvalue weighted by Gasteiger charge is 2.34. The predicted molar refractivity (Wildman–Crippen MR) is 166 cm³/mol. The predicted octanol–water partition coefficient (Wildman–Crippen LogP) is 7.01. The van der Waals surface area contributed by atoms with Crippen LogP contribution in [0.4, 0.5) is 32.4 Å². The summed E-state index contributed by atoms with van der Waals surface area (Å²) in [7, 11) is 0. The number of nitrogens with one attached hydrogen (secondary N) is 1. The number of aliphatic imine (C=N–C) groups is 1. The molecule has 3 aromatic carbocycles. The van der Waals surface area contributed by atoms with E-state index in [0.717, 1.165) is 22.2 Å². The van der Waals surface area contributed by atoms with E-state index in [9.17, 15) is 31.5 Å². The Balaban J connectivity index is 1.20. The van der Waals surface area contributed by atoms with E-state index < -0.39 is 36.9 Å². The number of nitrogens with zero attached hydrogens (tertiary/aromatic N) is 5. The second kappa shape index (κ2) is 14.0. The maximum absolute atomic E-state index is 13.5. The van der Waals surface area contributed by atoms with Gasteiger partial charge in [-0.25, -0.2) is 28.7 Å². The lowest BCUT2D eigenvalue weighted by molar-refractivity contribution is -0.274. The highest BCUT2D eigenvalue weighted by Crippen LogP contribution is 2.36. The van der Waals surface area contributed by atoms with Gasteiger partial charge in [-0.1, -0.05) is 42.1 Å². The van der Waals surface area contributed by atoms with Crippen molar-refractivity contribution < 1.29 is 45.9 Å². The molecule has 1 aliphatic heterocycles. The lowest BCUT2D eigenvalue weighted by Gasteiger charge is -2.21. The van der Waals surface area contributed by atoms with Crippen LogP contribution in [0.1, 0.15) is 31.1 Å². The molecular formula is C31H27F5N6O5S. The van der Waals surface area contributed by atoms with E-state index in [1.807, 2.05) is 0 Å². The number of urea groups is 1. The number of thioether (sulfide) groups is 1. The van der Waals surface area contributed by atoms with Crippen molar-refractivity contribution in [2.24, 2.45) is 4.99 Å². The van der Waals surface area contributed by atoms with Crippen molar-refractivity contribution >= 4 is 34.6 Å². The second-order valence-electron chi connectivity index (χ2n) is 10.6. The molecule has 4 aromatic rings. The van der Waals surface area contributed by atoms with Crippen LogP contribution in [0.3, 0.4) is 0 Å². The number of benzene rings is 3. The molecule has 0 aliphatic carbocycles. The topological polar surface area (TPSA) is 120 Å². The van der Waals surface area contributed by atoms with Crippen LogP contribution in [0.15, 0.2) is 78.0 Å². The molecule has 0 radical (unpaired) electrons. The average molecular weight is 691 g/mol. The van der Waals surface area contributed by atoms with E-state index in [1.54, 1.807) is 50.2 Å². The number of hydrogen-bond donors (Lipinski definition) is 1. The summed E-state index contributed by atoms with van der Waals surface area (Å²) in [5, 5.41) is 4.39. The van der Waals surface area contributed by atoms with E-state index in [-0.39, 0.29) is 28.1 Å². The quantitative estimate of drug-likeness (QED) is 0.139. The van der Waals surface area contributed by atoms with Gasteiger partial charge in [-0.15, -0.1) is 18.3 Å². The maximum Gasteiger partial charge on any atom is 0.573 e. The highest BCUT2D eigenvalue weighted by atomic mass is 32.2. The third-order valence-electron chi connectivity index (χ3n) is 6.59. The van der Waals surface area contributed by atoms with Crippen molar-refractivity contribution in [2.45, 2.75) is 39.2 Å². The van der Waals surface area contributed by atoms with E-state index in [0.29, 0.717) is 29.6 Å². The molecule has 11 nitrogen and oxygen atoms in total. The SMILES string of the molecule is Cc1ccc(OCC(C)(F)F)c(N2C(=O)CS/C2=N\C(=O)NOC(C)c2ccc(-c3ncn(-c4ccc(OC(F)(F)F)cc4)n3)cc2)c1. The van der Waals surface area contributed by atoms with Crippen LogP contribution in [0.5, 0.6) is 11.5 Å². The van der Waals surface area contributed by atoms with Crippen LogP contribution in [0.2, 0.25) is 0 Å². The molecule has 1 fully saturated rings. The van der Waals surface area contributed by atoms with Gasteiger partial charge in [-0.2, -0.15) is 4.99 Å². The Morgan fingerprint density at radius 3 is 2.44 bits per heavy atom. The molecule has 0 spiro atoms. The summed E-state index contributed by atoms with van der Waals surface area (Å²) in [5.41, 5.74) is 4.94. The minimum atomic E-state index is -4.79. The van der Waals surface area contributed by atoms with Crippen LogP contribution >= 0.6 is 11.8 Å². The van der Waals surface area contributed by atoms with Crippen molar-refractivity contribution in [3.8, 4) is 28.6 Å². The molecule has 5 rings (SSSR count). The molecule has 0 bridgehead atoms. The second-order valence-corrected chi connectivity index (χ2v) is 11.5. The number of carbonyl (C=O) groups excluding carboxylic acids is 2. The third kappa shape index (κ3) is 8.86. The number of anilines is 1. The fourth-order valence-corrected chi connectivity index (χ4v) is 5.21. The third-order valence-corrected chi connectivity index (χ3v) is 7.51. The van der Waals surface area contributed by atoms with Gasteiger partial charge in [0.2, 0.25) is 5.91 Å². The van der Waals surface area contributed by atoms with E-state index in [4.69, 9.17) is 9.57 Å². The van der Waals surface area contributed by atoms with Gasteiger partial charge in [0, 0.05) is 12.5 Å². The number of hydrogen-bond acceptors (Lipinski definition) is 8. The summed E-state index contributed by atoms with van der Waals surface area (Å²) >= 11 is 0.999. The Morgan fingerprint density at radius 2 is 1.77 bits per heavy atom. The van der Waals surface area contributed by atoms with Gasteiger partial charge in [-0.05, 0) is 61.4 Å². The van der Waals surface area contributed by atoms with Gasteiger partial charge in [0.25, 0.3) is 5.92 Å². The van der Waals surface area contributed by atoms with Crippen LogP contribution < -0.4 is 19.9 Å². The van der Waals surface area contributed by atoms with Gasteiger partial charge in [0.15, 0.2) is 17.6 Å². The zero-order valence-corrected chi connectivity index (χ0v) is 26.3. The summed E-state index contributed by atoms with van der Waals surface area (Å²) in [4.78, 5) is 40.3. The number of aromatic nitrogens is 3. The minimum absolute atomic E-state index is 0.0225. The largest absolute Gasteiger partial charge is 0.573 e. The lowest BCUT2D eigenvalue weighted by atomic mass is 10.1. The van der Waals surface area contributed by atoms with Crippen LogP contribution in [0, 0.1) is 6.92 Å². The number of aryl methyl sites for hydroxylation is 1. The van der Waals surface area contributed by atoms with Crippen molar-refractivity contribution in [3.05, 3.63) is 84.2 Å². The summed E-state index contributed by atoms with van der Waals surface area (Å²) in [5.74, 6) is -3.50. The number of amides is 3. The van der Waals surface area contributed by atoms with Crippen molar-refractivity contribution in [1.82, 2.24) is 20.2 Å². The molecule has 17 heteroatoms. The number of carbonyl (C=O) groups is 2. The van der Waals surface area contributed by atoms with Crippen LogP contribution in [-0.4, -0.2) is 56.5 Å². The first kappa shape index (κ1) is 34.3. The molecular weight excluding hydrogens is 663 g/mol. The fourth-order valence-electron chi connectivity index (χ4n) is 4.35. The number of amidine groups is 1. The van der Waals surface area contributed by atoms with Crippen LogP contribution in [-0.2, 0) is 9.63 Å². The first-order valence-corrected chi connectivity index (χ1v) is 15.1.